The summed E-state index contributed by atoms with van der Waals surface area (Å²) in [5, 5.41) is 7.62. The van der Waals surface area contributed by atoms with Crippen LogP contribution in [0.25, 0.3) is 0 Å². The molecule has 0 amide bonds. The van der Waals surface area contributed by atoms with Crippen molar-refractivity contribution in [1.82, 2.24) is 4.90 Å². The minimum Gasteiger partial charge on any atom is -0.306 e. The molecule has 0 radical (unpaired) electrons. The Balaban J connectivity index is 0. The fraction of sp³-hybridized carbons (Fsp3) is 0.923. The van der Waals surface area contributed by atoms with E-state index in [1.807, 2.05) is 13.0 Å². The smallest absolute Gasteiger partial charge is 0.0618 e. The van der Waals surface area contributed by atoms with Crippen molar-refractivity contribution in [3.63, 3.8) is 0 Å². The molecule has 0 aromatic rings. The van der Waals surface area contributed by atoms with Crippen LogP contribution in [0.15, 0.2) is 0 Å². The highest BCUT2D eigenvalue weighted by molar-refractivity contribution is 4.62. The van der Waals surface area contributed by atoms with E-state index in [0.717, 1.165) is 5.92 Å². The van der Waals surface area contributed by atoms with Crippen molar-refractivity contribution < 1.29 is 0 Å². The largest absolute Gasteiger partial charge is 0.306 e. The van der Waals surface area contributed by atoms with E-state index >= 15 is 0 Å². The van der Waals surface area contributed by atoms with Gasteiger partial charge >= 0.3 is 0 Å². The predicted molar refractivity (Wildman–Crippen MR) is 67.8 cm³/mol. The summed E-state index contributed by atoms with van der Waals surface area (Å²) >= 11 is 0. The maximum absolute atomic E-state index is 7.62. The van der Waals surface area contributed by atoms with Gasteiger partial charge in [-0.25, -0.2) is 0 Å². The molecule has 1 atom stereocenters. The van der Waals surface area contributed by atoms with Crippen LogP contribution < -0.4 is 0 Å². The lowest BCUT2D eigenvalue weighted by molar-refractivity contribution is 0.303. The molecule has 0 aromatic heterocycles. The van der Waals surface area contributed by atoms with Gasteiger partial charge in [-0.05, 0) is 38.9 Å². The highest BCUT2D eigenvalue weighted by Crippen LogP contribution is 2.06. The maximum Gasteiger partial charge on any atom is 0.0618 e. The van der Waals surface area contributed by atoms with E-state index in [-0.39, 0.29) is 0 Å². The first-order valence-electron chi connectivity index (χ1n) is 6.17. The van der Waals surface area contributed by atoms with Crippen LogP contribution >= 0.6 is 0 Å². The van der Waals surface area contributed by atoms with Crippen molar-refractivity contribution in [2.24, 2.45) is 5.92 Å². The third-order valence-electron chi connectivity index (χ3n) is 2.46. The summed E-state index contributed by atoms with van der Waals surface area (Å²) in [5.41, 5.74) is 0. The molecule has 0 saturated carbocycles. The number of nitriles is 1. The van der Waals surface area contributed by atoms with Crippen molar-refractivity contribution >= 4 is 0 Å². The molecular formula is C13H28N2. The molecule has 15 heavy (non-hydrogen) atoms. The summed E-state index contributed by atoms with van der Waals surface area (Å²) < 4.78 is 0. The van der Waals surface area contributed by atoms with Gasteiger partial charge in [0.05, 0.1) is 6.07 Å². The van der Waals surface area contributed by atoms with Gasteiger partial charge in [0.15, 0.2) is 0 Å². The van der Waals surface area contributed by atoms with Crippen LogP contribution in [-0.4, -0.2) is 25.0 Å². The fourth-order valence-corrected chi connectivity index (χ4v) is 1.14. The molecular weight excluding hydrogens is 184 g/mol. The average molecular weight is 212 g/mol. The Morgan fingerprint density at radius 3 is 2.07 bits per heavy atom. The summed E-state index contributed by atoms with van der Waals surface area (Å²) in [6, 6.07) is 1.93. The number of hydrogen-bond acceptors (Lipinski definition) is 2. The molecule has 0 heterocycles. The van der Waals surface area contributed by atoms with Crippen LogP contribution in [0.4, 0.5) is 0 Å². The summed E-state index contributed by atoms with van der Waals surface area (Å²) in [5.74, 6) is 0.898. The van der Waals surface area contributed by atoms with Crippen LogP contribution in [-0.2, 0) is 0 Å². The Labute approximate surface area is 96.3 Å². The highest BCUT2D eigenvalue weighted by atomic mass is 15.1. The van der Waals surface area contributed by atoms with E-state index in [1.54, 1.807) is 0 Å². The molecule has 0 N–H and O–H groups in total. The van der Waals surface area contributed by atoms with Crippen molar-refractivity contribution in [2.75, 3.05) is 20.1 Å². The minimum atomic E-state index is 0.625. The Bertz CT molecular complexity index is 149. The zero-order valence-corrected chi connectivity index (χ0v) is 11.2. The third kappa shape index (κ3) is 16.1. The lowest BCUT2D eigenvalue weighted by Gasteiger charge is -2.17. The van der Waals surface area contributed by atoms with Crippen molar-refractivity contribution in [3.8, 4) is 6.07 Å². The van der Waals surface area contributed by atoms with E-state index in [1.165, 1.54) is 32.4 Å². The van der Waals surface area contributed by atoms with Crippen LogP contribution in [0.2, 0.25) is 0 Å². The monoisotopic (exact) mass is 212 g/mol. The van der Waals surface area contributed by atoms with Crippen LogP contribution in [0.5, 0.6) is 0 Å². The maximum atomic E-state index is 7.62. The summed E-state index contributed by atoms with van der Waals surface area (Å²) in [4.78, 5) is 2.42. The van der Waals surface area contributed by atoms with Crippen LogP contribution in [0.1, 0.15) is 53.4 Å². The van der Waals surface area contributed by atoms with Gasteiger partial charge in [-0.2, -0.15) is 5.26 Å². The van der Waals surface area contributed by atoms with Gasteiger partial charge < -0.3 is 4.90 Å². The molecule has 0 aliphatic rings. The van der Waals surface area contributed by atoms with Gasteiger partial charge in [-0.1, -0.05) is 34.1 Å². The molecule has 0 rings (SSSR count). The van der Waals surface area contributed by atoms with E-state index in [4.69, 9.17) is 5.26 Å². The standard InChI is InChI=1S/C10H23N.C3H5N/c1-5-8-11(4)9-7-10(3)6-2;1-2-3-4/h10H,5-9H2,1-4H3;2H2,1H3. The molecule has 2 nitrogen and oxygen atoms in total. The number of hydrogen-bond donors (Lipinski definition) is 0. The van der Waals surface area contributed by atoms with Crippen molar-refractivity contribution in [2.45, 2.75) is 53.4 Å². The molecule has 1 unspecified atom stereocenters. The fourth-order valence-electron chi connectivity index (χ4n) is 1.14. The van der Waals surface area contributed by atoms with E-state index in [0.29, 0.717) is 6.42 Å². The number of rotatable bonds is 6. The third-order valence-corrected chi connectivity index (χ3v) is 2.46. The van der Waals surface area contributed by atoms with Gasteiger partial charge in [0.1, 0.15) is 0 Å². The molecule has 0 saturated heterocycles. The first-order chi connectivity index (χ1) is 7.12. The summed E-state index contributed by atoms with van der Waals surface area (Å²) in [7, 11) is 2.21. The lowest BCUT2D eigenvalue weighted by Crippen LogP contribution is -2.21. The van der Waals surface area contributed by atoms with Gasteiger partial charge in [0.25, 0.3) is 0 Å². The Morgan fingerprint density at radius 1 is 1.20 bits per heavy atom. The molecule has 0 fully saturated rings. The first kappa shape index (κ1) is 16.9. The topological polar surface area (TPSA) is 27.0 Å². The highest BCUT2D eigenvalue weighted by Gasteiger charge is 2.00. The normalized spacial score (nSPS) is 11.5. The second-order valence-electron chi connectivity index (χ2n) is 4.12. The van der Waals surface area contributed by atoms with E-state index < -0.39 is 0 Å². The second-order valence-corrected chi connectivity index (χ2v) is 4.12. The number of nitrogens with zero attached hydrogens (tertiary/aromatic N) is 2. The van der Waals surface area contributed by atoms with Gasteiger partial charge in [0.2, 0.25) is 0 Å². The van der Waals surface area contributed by atoms with Crippen molar-refractivity contribution in [3.05, 3.63) is 0 Å². The minimum absolute atomic E-state index is 0.625. The molecule has 0 bridgehead atoms. The van der Waals surface area contributed by atoms with Crippen LogP contribution in [0.3, 0.4) is 0 Å². The van der Waals surface area contributed by atoms with E-state index in [2.05, 4.69) is 32.7 Å². The molecule has 0 aromatic carbocycles. The molecule has 90 valence electrons. The Kier molecular flexibility index (Phi) is 15.1. The van der Waals surface area contributed by atoms with Gasteiger partial charge in [-0.3, -0.25) is 0 Å². The molecule has 0 aliphatic carbocycles. The zero-order valence-electron chi connectivity index (χ0n) is 11.2. The summed E-state index contributed by atoms with van der Waals surface area (Å²) in [6.45, 7) is 11.2. The van der Waals surface area contributed by atoms with Crippen molar-refractivity contribution in [1.29, 1.82) is 5.26 Å². The SMILES string of the molecule is CCC#N.CCCN(C)CCC(C)CC. The zero-order chi connectivity index (χ0) is 12.1. The molecule has 0 spiro atoms. The quantitative estimate of drug-likeness (QED) is 0.671. The van der Waals surface area contributed by atoms with Crippen LogP contribution in [0, 0.1) is 17.2 Å². The molecule has 0 aliphatic heterocycles. The Hall–Kier alpha value is -0.550. The molecule has 2 heteroatoms. The van der Waals surface area contributed by atoms with E-state index in [9.17, 15) is 0 Å². The lowest BCUT2D eigenvalue weighted by atomic mass is 10.1. The second kappa shape index (κ2) is 13.4. The average Bonchev–Trinajstić information content (AvgIpc) is 2.26. The predicted octanol–water partition coefficient (Wildman–Crippen LogP) is 3.68. The summed E-state index contributed by atoms with van der Waals surface area (Å²) in [6.07, 6.45) is 4.57. The van der Waals surface area contributed by atoms with Gasteiger partial charge in [0, 0.05) is 6.42 Å². The Morgan fingerprint density at radius 2 is 1.73 bits per heavy atom. The first-order valence-corrected chi connectivity index (χ1v) is 6.17. The van der Waals surface area contributed by atoms with Gasteiger partial charge in [-0.15, -0.1) is 0 Å².